The number of hydrogen-bond acceptors (Lipinski definition) is 2. The molecule has 1 unspecified atom stereocenters. The average molecular weight is 347 g/mol. The Hall–Kier alpha value is -1.91. The van der Waals surface area contributed by atoms with Crippen molar-refractivity contribution in [2.75, 3.05) is 19.6 Å². The molecule has 0 spiro atoms. The molecule has 3 rings (SSSR count). The second-order valence-corrected chi connectivity index (χ2v) is 6.36. The molecule has 3 nitrogen and oxygen atoms in total. The van der Waals surface area contributed by atoms with Crippen LogP contribution in [-0.2, 0) is 11.2 Å². The summed E-state index contributed by atoms with van der Waals surface area (Å²) < 4.78 is 13.5. The van der Waals surface area contributed by atoms with Gasteiger partial charge in [0, 0.05) is 31.1 Å². The Balaban J connectivity index is 1.71. The highest BCUT2D eigenvalue weighted by molar-refractivity contribution is 6.31. The van der Waals surface area contributed by atoms with E-state index < -0.39 is 0 Å². The Morgan fingerprint density at radius 2 is 2.08 bits per heavy atom. The number of carbonyl (C=O) groups excluding carboxylic acids is 1. The summed E-state index contributed by atoms with van der Waals surface area (Å²) in [4.78, 5) is 14.6. The van der Waals surface area contributed by atoms with Gasteiger partial charge in [-0.05, 0) is 35.7 Å². The molecule has 1 N–H and O–H groups in total. The number of halogens is 2. The predicted octanol–water partition coefficient (Wildman–Crippen LogP) is 3.58. The second-order valence-electron chi connectivity index (χ2n) is 5.95. The second kappa shape index (κ2) is 7.77. The molecule has 0 radical (unpaired) electrons. The van der Waals surface area contributed by atoms with Gasteiger partial charge in [-0.1, -0.05) is 41.9 Å². The third-order valence-corrected chi connectivity index (χ3v) is 4.73. The number of hydrogen-bond donors (Lipinski definition) is 1. The van der Waals surface area contributed by atoms with Crippen molar-refractivity contribution in [1.82, 2.24) is 10.2 Å². The minimum Gasteiger partial charge on any atom is -0.333 e. The van der Waals surface area contributed by atoms with Gasteiger partial charge < -0.3 is 10.2 Å². The maximum Gasteiger partial charge on any atom is 0.223 e. The van der Waals surface area contributed by atoms with Crippen LogP contribution in [0.2, 0.25) is 5.02 Å². The molecule has 24 heavy (non-hydrogen) atoms. The quantitative estimate of drug-likeness (QED) is 0.917. The van der Waals surface area contributed by atoms with Crippen molar-refractivity contribution in [2.24, 2.45) is 0 Å². The molecule has 2 aromatic rings. The minimum absolute atomic E-state index is 0.0747. The molecule has 126 valence electrons. The van der Waals surface area contributed by atoms with Crippen LogP contribution in [-0.4, -0.2) is 30.4 Å². The zero-order valence-corrected chi connectivity index (χ0v) is 14.1. The van der Waals surface area contributed by atoms with E-state index in [0.717, 1.165) is 17.7 Å². The van der Waals surface area contributed by atoms with Gasteiger partial charge in [0.2, 0.25) is 5.91 Å². The highest BCUT2D eigenvalue weighted by atomic mass is 35.5. The first-order chi connectivity index (χ1) is 11.6. The zero-order chi connectivity index (χ0) is 16.9. The molecule has 0 bridgehead atoms. The molecular formula is C19H20ClFN2O. The van der Waals surface area contributed by atoms with E-state index in [1.165, 1.54) is 12.1 Å². The number of rotatable bonds is 4. The summed E-state index contributed by atoms with van der Waals surface area (Å²) >= 11 is 6.16. The summed E-state index contributed by atoms with van der Waals surface area (Å²) in [6.07, 6.45) is 1.01. The summed E-state index contributed by atoms with van der Waals surface area (Å²) in [5, 5.41) is 3.97. The lowest BCUT2D eigenvalue weighted by molar-refractivity contribution is -0.134. The Morgan fingerprint density at radius 3 is 2.88 bits per heavy atom. The third-order valence-electron chi connectivity index (χ3n) is 4.36. The molecule has 1 aliphatic rings. The molecule has 0 saturated carbocycles. The van der Waals surface area contributed by atoms with Crippen LogP contribution >= 0.6 is 11.6 Å². The van der Waals surface area contributed by atoms with Crippen LogP contribution in [0.1, 0.15) is 23.6 Å². The van der Waals surface area contributed by atoms with E-state index in [1.807, 2.05) is 35.2 Å². The van der Waals surface area contributed by atoms with Crippen molar-refractivity contribution >= 4 is 17.5 Å². The lowest BCUT2D eigenvalue weighted by atomic mass is 10.0. The molecule has 5 heteroatoms. The van der Waals surface area contributed by atoms with Gasteiger partial charge in [0.05, 0.1) is 6.04 Å². The van der Waals surface area contributed by atoms with Gasteiger partial charge in [-0.2, -0.15) is 0 Å². The van der Waals surface area contributed by atoms with Crippen LogP contribution in [0.25, 0.3) is 0 Å². The number of benzene rings is 2. The van der Waals surface area contributed by atoms with Crippen molar-refractivity contribution in [3.8, 4) is 0 Å². The maximum atomic E-state index is 13.5. The SMILES string of the molecule is O=C(CCc1ccccc1Cl)N1CCNCC1c1cccc(F)c1. The normalized spacial score (nSPS) is 17.8. The van der Waals surface area contributed by atoms with Gasteiger partial charge in [-0.3, -0.25) is 4.79 Å². The van der Waals surface area contributed by atoms with E-state index in [2.05, 4.69) is 5.32 Å². The van der Waals surface area contributed by atoms with Crippen molar-refractivity contribution < 1.29 is 9.18 Å². The standard InChI is InChI=1S/C19H20ClFN2O/c20-17-7-2-1-4-14(17)8-9-19(24)23-11-10-22-13-18(23)15-5-3-6-16(21)12-15/h1-7,12,18,22H,8-11,13H2. The van der Waals surface area contributed by atoms with Gasteiger partial charge in [-0.25, -0.2) is 4.39 Å². The Morgan fingerprint density at radius 1 is 1.25 bits per heavy atom. The van der Waals surface area contributed by atoms with Crippen molar-refractivity contribution in [3.05, 3.63) is 70.5 Å². The summed E-state index contributed by atoms with van der Waals surface area (Å²) in [6, 6.07) is 13.9. The molecule has 2 aromatic carbocycles. The fraction of sp³-hybridized carbons (Fsp3) is 0.316. The molecule has 1 heterocycles. The lowest BCUT2D eigenvalue weighted by Crippen LogP contribution is -2.48. The van der Waals surface area contributed by atoms with Gasteiger partial charge in [0.25, 0.3) is 0 Å². The molecule has 1 aliphatic heterocycles. The molecule has 0 aromatic heterocycles. The van der Waals surface area contributed by atoms with E-state index in [1.54, 1.807) is 6.07 Å². The van der Waals surface area contributed by atoms with Crippen LogP contribution in [0, 0.1) is 5.82 Å². The van der Waals surface area contributed by atoms with Gasteiger partial charge in [0.1, 0.15) is 5.82 Å². The molecule has 1 fully saturated rings. The molecule has 1 amide bonds. The fourth-order valence-electron chi connectivity index (χ4n) is 3.10. The number of nitrogens with one attached hydrogen (secondary N) is 1. The number of amides is 1. The first kappa shape index (κ1) is 16.9. The Labute approximate surface area is 146 Å². The van der Waals surface area contributed by atoms with Crippen molar-refractivity contribution in [3.63, 3.8) is 0 Å². The Bertz CT molecular complexity index is 722. The smallest absolute Gasteiger partial charge is 0.223 e. The van der Waals surface area contributed by atoms with E-state index in [4.69, 9.17) is 11.6 Å². The van der Waals surface area contributed by atoms with E-state index in [9.17, 15) is 9.18 Å². The maximum absolute atomic E-state index is 13.5. The van der Waals surface area contributed by atoms with Crippen molar-refractivity contribution in [2.45, 2.75) is 18.9 Å². The van der Waals surface area contributed by atoms with E-state index >= 15 is 0 Å². The van der Waals surface area contributed by atoms with Crippen LogP contribution in [0.3, 0.4) is 0 Å². The topological polar surface area (TPSA) is 32.3 Å². The monoisotopic (exact) mass is 346 g/mol. The molecule has 0 aliphatic carbocycles. The van der Waals surface area contributed by atoms with Crippen LogP contribution < -0.4 is 5.32 Å². The highest BCUT2D eigenvalue weighted by Gasteiger charge is 2.27. The van der Waals surface area contributed by atoms with Crippen LogP contribution in [0.4, 0.5) is 4.39 Å². The van der Waals surface area contributed by atoms with Crippen molar-refractivity contribution in [1.29, 1.82) is 0 Å². The third kappa shape index (κ3) is 3.94. The minimum atomic E-state index is -0.276. The first-order valence-electron chi connectivity index (χ1n) is 8.14. The summed E-state index contributed by atoms with van der Waals surface area (Å²) in [7, 11) is 0. The number of nitrogens with zero attached hydrogens (tertiary/aromatic N) is 1. The zero-order valence-electron chi connectivity index (χ0n) is 13.3. The first-order valence-corrected chi connectivity index (χ1v) is 8.52. The average Bonchev–Trinajstić information content (AvgIpc) is 2.61. The molecule has 1 saturated heterocycles. The summed E-state index contributed by atoms with van der Waals surface area (Å²) in [6.45, 7) is 2.02. The molecular weight excluding hydrogens is 327 g/mol. The van der Waals surface area contributed by atoms with Gasteiger partial charge >= 0.3 is 0 Å². The number of piperazine rings is 1. The van der Waals surface area contributed by atoms with Crippen LogP contribution in [0.5, 0.6) is 0 Å². The molecule has 1 atom stereocenters. The lowest BCUT2D eigenvalue weighted by Gasteiger charge is -2.36. The summed E-state index contributed by atoms with van der Waals surface area (Å²) in [5.41, 5.74) is 1.80. The van der Waals surface area contributed by atoms with E-state index in [-0.39, 0.29) is 17.8 Å². The van der Waals surface area contributed by atoms with E-state index in [0.29, 0.717) is 31.0 Å². The number of aryl methyl sites for hydroxylation is 1. The predicted molar refractivity (Wildman–Crippen MR) is 93.5 cm³/mol. The van der Waals surface area contributed by atoms with Gasteiger partial charge in [0.15, 0.2) is 0 Å². The van der Waals surface area contributed by atoms with Gasteiger partial charge in [-0.15, -0.1) is 0 Å². The fourth-order valence-corrected chi connectivity index (χ4v) is 3.33. The van der Waals surface area contributed by atoms with Crippen LogP contribution in [0.15, 0.2) is 48.5 Å². The number of carbonyl (C=O) groups is 1. The summed E-state index contributed by atoms with van der Waals surface area (Å²) in [5.74, 6) is -0.202. The largest absolute Gasteiger partial charge is 0.333 e. The highest BCUT2D eigenvalue weighted by Crippen LogP contribution is 2.24. The Kier molecular flexibility index (Phi) is 5.48.